The van der Waals surface area contributed by atoms with Crippen molar-refractivity contribution in [2.45, 2.75) is 32.2 Å². The Morgan fingerprint density at radius 3 is 2.85 bits per heavy atom. The van der Waals surface area contributed by atoms with Gasteiger partial charge in [-0.05, 0) is 43.5 Å². The highest BCUT2D eigenvalue weighted by molar-refractivity contribution is 5.92. The highest BCUT2D eigenvalue weighted by atomic mass is 16.4. The molecule has 0 heterocycles. The maximum Gasteiger partial charge on any atom is 0.303 e. The van der Waals surface area contributed by atoms with Crippen LogP contribution >= 0.6 is 0 Å². The molecule has 1 aromatic carbocycles. The number of carboxylic acids is 1. The number of rotatable bonds is 7. The van der Waals surface area contributed by atoms with Crippen molar-refractivity contribution in [3.8, 4) is 0 Å². The first-order valence-corrected chi connectivity index (χ1v) is 6.53. The lowest BCUT2D eigenvalue weighted by Crippen LogP contribution is -2.31. The van der Waals surface area contributed by atoms with E-state index in [0.717, 1.165) is 5.56 Å². The van der Waals surface area contributed by atoms with Crippen molar-refractivity contribution in [3.05, 3.63) is 35.9 Å². The summed E-state index contributed by atoms with van der Waals surface area (Å²) in [4.78, 5) is 22.0. The Morgan fingerprint density at radius 1 is 1.45 bits per heavy atom. The number of amides is 1. The quantitative estimate of drug-likeness (QED) is 0.525. The highest BCUT2D eigenvalue weighted by Crippen LogP contribution is 2.08. The minimum absolute atomic E-state index is 0.0488. The molecule has 5 heteroatoms. The summed E-state index contributed by atoms with van der Waals surface area (Å²) >= 11 is 0. The van der Waals surface area contributed by atoms with Crippen molar-refractivity contribution in [1.82, 2.24) is 5.32 Å². The lowest BCUT2D eigenvalue weighted by Gasteiger charge is -2.11. The first kappa shape index (κ1) is 15.8. The fourth-order valence-electron chi connectivity index (χ4n) is 1.76. The molecule has 4 N–H and O–H groups in total. The molecule has 1 unspecified atom stereocenters. The molecular formula is C15H20N2O3. The topological polar surface area (TPSA) is 92.4 Å². The predicted molar refractivity (Wildman–Crippen MR) is 79.0 cm³/mol. The number of anilines is 1. The van der Waals surface area contributed by atoms with Crippen molar-refractivity contribution < 1.29 is 14.7 Å². The van der Waals surface area contributed by atoms with Gasteiger partial charge < -0.3 is 16.2 Å². The number of nitrogens with one attached hydrogen (secondary N) is 1. The monoisotopic (exact) mass is 276 g/mol. The van der Waals surface area contributed by atoms with Gasteiger partial charge in [0.2, 0.25) is 5.91 Å². The number of carbonyl (C=O) groups is 2. The van der Waals surface area contributed by atoms with Gasteiger partial charge in [0.15, 0.2) is 0 Å². The highest BCUT2D eigenvalue weighted by Gasteiger charge is 2.05. The third kappa shape index (κ3) is 6.58. The van der Waals surface area contributed by atoms with Crippen LogP contribution in [-0.2, 0) is 9.59 Å². The Labute approximate surface area is 118 Å². The standard InChI is InChI=1S/C15H20N2O3/c1-11(4-2-7-15(19)20)17-14(18)9-8-12-5-3-6-13(16)10-12/h3,5-6,8-11H,2,4,7,16H2,1H3,(H,17,18)(H,19,20)/b9-8+. The molecule has 0 bridgehead atoms. The van der Waals surface area contributed by atoms with E-state index < -0.39 is 5.97 Å². The van der Waals surface area contributed by atoms with E-state index >= 15 is 0 Å². The van der Waals surface area contributed by atoms with E-state index in [-0.39, 0.29) is 18.4 Å². The Kier molecular flexibility index (Phi) is 6.29. The second-order valence-electron chi connectivity index (χ2n) is 4.70. The molecule has 0 aliphatic heterocycles. The van der Waals surface area contributed by atoms with Crippen LogP contribution in [0.1, 0.15) is 31.7 Å². The van der Waals surface area contributed by atoms with Crippen LogP contribution < -0.4 is 11.1 Å². The fourth-order valence-corrected chi connectivity index (χ4v) is 1.76. The fraction of sp³-hybridized carbons (Fsp3) is 0.333. The van der Waals surface area contributed by atoms with Crippen LogP contribution in [-0.4, -0.2) is 23.0 Å². The van der Waals surface area contributed by atoms with Crippen LogP contribution in [0.25, 0.3) is 6.08 Å². The zero-order valence-electron chi connectivity index (χ0n) is 11.5. The molecule has 0 saturated heterocycles. The molecule has 1 amide bonds. The second-order valence-corrected chi connectivity index (χ2v) is 4.70. The van der Waals surface area contributed by atoms with Gasteiger partial charge in [0, 0.05) is 24.2 Å². The van der Waals surface area contributed by atoms with Gasteiger partial charge in [-0.25, -0.2) is 0 Å². The molecule has 1 atom stereocenters. The molecule has 5 nitrogen and oxygen atoms in total. The molecule has 1 rings (SSSR count). The average Bonchev–Trinajstić information content (AvgIpc) is 2.36. The summed E-state index contributed by atoms with van der Waals surface area (Å²) in [5, 5.41) is 11.3. The lowest BCUT2D eigenvalue weighted by molar-refractivity contribution is -0.137. The van der Waals surface area contributed by atoms with E-state index in [1.165, 1.54) is 6.08 Å². The third-order valence-electron chi connectivity index (χ3n) is 2.75. The predicted octanol–water partition coefficient (Wildman–Crippen LogP) is 2.04. The van der Waals surface area contributed by atoms with Crippen LogP contribution in [0.5, 0.6) is 0 Å². The largest absolute Gasteiger partial charge is 0.481 e. The van der Waals surface area contributed by atoms with Crippen molar-refractivity contribution in [1.29, 1.82) is 0 Å². The van der Waals surface area contributed by atoms with Crippen LogP contribution in [0.2, 0.25) is 0 Å². The summed E-state index contributed by atoms with van der Waals surface area (Å²) in [6, 6.07) is 7.19. The van der Waals surface area contributed by atoms with Crippen LogP contribution in [0.15, 0.2) is 30.3 Å². The molecule has 0 aliphatic rings. The van der Waals surface area contributed by atoms with Gasteiger partial charge in [-0.3, -0.25) is 9.59 Å². The smallest absolute Gasteiger partial charge is 0.303 e. The Morgan fingerprint density at radius 2 is 2.20 bits per heavy atom. The maximum absolute atomic E-state index is 11.7. The lowest BCUT2D eigenvalue weighted by atomic mass is 10.1. The van der Waals surface area contributed by atoms with E-state index in [4.69, 9.17) is 10.8 Å². The summed E-state index contributed by atoms with van der Waals surface area (Å²) in [6.07, 6.45) is 4.46. The van der Waals surface area contributed by atoms with E-state index in [1.807, 2.05) is 19.1 Å². The van der Waals surface area contributed by atoms with E-state index in [9.17, 15) is 9.59 Å². The van der Waals surface area contributed by atoms with Gasteiger partial charge in [-0.1, -0.05) is 12.1 Å². The van der Waals surface area contributed by atoms with E-state index in [1.54, 1.807) is 18.2 Å². The van der Waals surface area contributed by atoms with Gasteiger partial charge in [0.05, 0.1) is 0 Å². The van der Waals surface area contributed by atoms with Crippen LogP contribution in [0.4, 0.5) is 5.69 Å². The van der Waals surface area contributed by atoms with Gasteiger partial charge in [0.1, 0.15) is 0 Å². The van der Waals surface area contributed by atoms with Crippen molar-refractivity contribution >= 4 is 23.6 Å². The third-order valence-corrected chi connectivity index (χ3v) is 2.75. The number of hydrogen-bond acceptors (Lipinski definition) is 3. The second kappa shape index (κ2) is 7.99. The SMILES string of the molecule is CC(CCCC(=O)O)NC(=O)/C=C/c1cccc(N)c1. The number of carbonyl (C=O) groups excluding carboxylic acids is 1. The Hall–Kier alpha value is -2.30. The zero-order chi connectivity index (χ0) is 15.0. The summed E-state index contributed by atoms with van der Waals surface area (Å²) in [7, 11) is 0. The van der Waals surface area contributed by atoms with Gasteiger partial charge in [-0.15, -0.1) is 0 Å². The first-order chi connectivity index (χ1) is 9.47. The van der Waals surface area contributed by atoms with Gasteiger partial charge in [0.25, 0.3) is 0 Å². The molecule has 20 heavy (non-hydrogen) atoms. The summed E-state index contributed by atoms with van der Waals surface area (Å²) in [5.74, 6) is -1.01. The van der Waals surface area contributed by atoms with Crippen molar-refractivity contribution in [2.24, 2.45) is 0 Å². The number of hydrogen-bond donors (Lipinski definition) is 3. The van der Waals surface area contributed by atoms with Gasteiger partial charge >= 0.3 is 5.97 Å². The molecule has 0 radical (unpaired) electrons. The molecule has 0 fully saturated rings. The molecular weight excluding hydrogens is 256 g/mol. The number of nitrogen functional groups attached to an aromatic ring is 1. The number of nitrogens with two attached hydrogens (primary N) is 1. The van der Waals surface area contributed by atoms with E-state index in [0.29, 0.717) is 18.5 Å². The number of carboxylic acid groups (broad SMARTS) is 1. The van der Waals surface area contributed by atoms with Crippen LogP contribution in [0.3, 0.4) is 0 Å². The van der Waals surface area contributed by atoms with Crippen LogP contribution in [0, 0.1) is 0 Å². The molecule has 0 saturated carbocycles. The summed E-state index contributed by atoms with van der Waals surface area (Å²) in [6.45, 7) is 1.86. The minimum Gasteiger partial charge on any atom is -0.481 e. The molecule has 0 aliphatic carbocycles. The number of benzene rings is 1. The minimum atomic E-state index is -0.815. The average molecular weight is 276 g/mol. The first-order valence-electron chi connectivity index (χ1n) is 6.53. The maximum atomic E-state index is 11.7. The molecule has 1 aromatic rings. The summed E-state index contributed by atoms with van der Waals surface area (Å²) < 4.78 is 0. The van der Waals surface area contributed by atoms with Crippen molar-refractivity contribution in [3.63, 3.8) is 0 Å². The normalized spacial score (nSPS) is 12.2. The zero-order valence-corrected chi connectivity index (χ0v) is 11.5. The van der Waals surface area contributed by atoms with Gasteiger partial charge in [-0.2, -0.15) is 0 Å². The number of aliphatic carboxylic acids is 1. The van der Waals surface area contributed by atoms with Crippen molar-refractivity contribution in [2.75, 3.05) is 5.73 Å². The Bertz CT molecular complexity index is 498. The molecule has 108 valence electrons. The Balaban J connectivity index is 2.37. The van der Waals surface area contributed by atoms with E-state index in [2.05, 4.69) is 5.32 Å². The molecule has 0 spiro atoms. The summed E-state index contributed by atoms with van der Waals surface area (Å²) in [5.41, 5.74) is 7.15. The molecule has 0 aromatic heterocycles.